The molecule has 174 valence electrons. The summed E-state index contributed by atoms with van der Waals surface area (Å²) < 4.78 is 4.93. The fourth-order valence-corrected chi connectivity index (χ4v) is 3.01. The Morgan fingerprint density at radius 3 is 1.45 bits per heavy atom. The van der Waals surface area contributed by atoms with Crippen LogP contribution in [0.2, 0.25) is 0 Å². The van der Waals surface area contributed by atoms with Crippen molar-refractivity contribution in [2.75, 3.05) is 6.61 Å². The Labute approximate surface area is 189 Å². The first-order chi connectivity index (χ1) is 14.6. The second-order valence-electron chi connectivity index (χ2n) is 8.24. The molecule has 0 saturated heterocycles. The minimum Gasteiger partial charge on any atom is -0.478 e. The summed E-state index contributed by atoms with van der Waals surface area (Å²) in [6.45, 7) is 12.3. The van der Waals surface area contributed by atoms with Gasteiger partial charge in [0.1, 0.15) is 0 Å². The van der Waals surface area contributed by atoms with Crippen molar-refractivity contribution in [2.45, 2.75) is 92.9 Å². The first kappa shape index (κ1) is 28.6. The number of hydrogen-bond acceptors (Lipinski definition) is 3. The van der Waals surface area contributed by atoms with Gasteiger partial charge in [0.15, 0.2) is 0 Å². The van der Waals surface area contributed by atoms with Crippen LogP contribution in [0.5, 0.6) is 0 Å². The third-order valence-corrected chi connectivity index (χ3v) is 5.07. The average molecular weight is 431 g/mol. The molecule has 1 N–H and O–H groups in total. The standard InChI is InChI=1S/C27H42O4/c1-7-31-26(28)20-24(5)18-10-16-22(3)14-8-12-21(2)13-9-15-23(4)17-11-19-25(6)27(29)30/h12,15-16,19-20H,7-11,13-14,17-18H2,1-6H3,(H,29,30)/b21-12+,22-16+,23-15+,24-20+,25-19+. The van der Waals surface area contributed by atoms with E-state index in [-0.39, 0.29) is 5.97 Å². The molecule has 0 aliphatic carbocycles. The van der Waals surface area contributed by atoms with Gasteiger partial charge in [-0.15, -0.1) is 0 Å². The third kappa shape index (κ3) is 17.1. The predicted molar refractivity (Wildman–Crippen MR) is 130 cm³/mol. The highest BCUT2D eigenvalue weighted by Crippen LogP contribution is 2.15. The van der Waals surface area contributed by atoms with Crippen molar-refractivity contribution < 1.29 is 19.4 Å². The molecule has 0 aliphatic rings. The summed E-state index contributed by atoms with van der Waals surface area (Å²) >= 11 is 0. The fraction of sp³-hybridized carbons (Fsp3) is 0.556. The normalized spacial score (nSPS) is 14.1. The van der Waals surface area contributed by atoms with Gasteiger partial charge in [0, 0.05) is 11.6 Å². The van der Waals surface area contributed by atoms with E-state index in [2.05, 4.69) is 39.0 Å². The molecule has 0 fully saturated rings. The van der Waals surface area contributed by atoms with Crippen LogP contribution < -0.4 is 0 Å². The minimum atomic E-state index is -0.839. The van der Waals surface area contributed by atoms with Gasteiger partial charge in [0.05, 0.1) is 6.61 Å². The van der Waals surface area contributed by atoms with Crippen molar-refractivity contribution in [3.05, 3.63) is 58.2 Å². The molecule has 0 aliphatic heterocycles. The van der Waals surface area contributed by atoms with E-state index in [9.17, 15) is 9.59 Å². The van der Waals surface area contributed by atoms with E-state index in [1.807, 2.05) is 13.8 Å². The lowest BCUT2D eigenvalue weighted by atomic mass is 10.0. The van der Waals surface area contributed by atoms with Gasteiger partial charge < -0.3 is 9.84 Å². The molecule has 0 heterocycles. The Bertz CT molecular complexity index is 718. The van der Waals surface area contributed by atoms with E-state index >= 15 is 0 Å². The fourth-order valence-electron chi connectivity index (χ4n) is 3.01. The zero-order chi connectivity index (χ0) is 23.6. The SMILES string of the molecule is CCOC(=O)/C=C(\C)CC/C=C(\C)CC/C=C(\C)CC/C=C(\C)CC/C=C(\C)C(=O)O. The van der Waals surface area contributed by atoms with Gasteiger partial charge in [-0.2, -0.15) is 0 Å². The van der Waals surface area contributed by atoms with Gasteiger partial charge in [0.2, 0.25) is 0 Å². The number of esters is 1. The molecule has 0 unspecified atom stereocenters. The number of carboxylic acid groups (broad SMARTS) is 1. The van der Waals surface area contributed by atoms with Crippen LogP contribution >= 0.6 is 0 Å². The molecule has 0 aromatic carbocycles. The van der Waals surface area contributed by atoms with Crippen molar-refractivity contribution in [1.29, 1.82) is 0 Å². The first-order valence-electron chi connectivity index (χ1n) is 11.4. The van der Waals surface area contributed by atoms with Gasteiger partial charge in [0.25, 0.3) is 0 Å². The third-order valence-electron chi connectivity index (χ3n) is 5.07. The Kier molecular flexibility index (Phi) is 16.0. The smallest absolute Gasteiger partial charge is 0.330 e. The lowest BCUT2D eigenvalue weighted by molar-refractivity contribution is -0.137. The zero-order valence-electron chi connectivity index (χ0n) is 20.4. The summed E-state index contributed by atoms with van der Waals surface area (Å²) in [5.74, 6) is -1.09. The van der Waals surface area contributed by atoms with Gasteiger partial charge >= 0.3 is 11.9 Å². The van der Waals surface area contributed by atoms with Crippen LogP contribution in [0.4, 0.5) is 0 Å². The summed E-state index contributed by atoms with van der Waals surface area (Å²) in [6, 6.07) is 0. The summed E-state index contributed by atoms with van der Waals surface area (Å²) in [6.07, 6.45) is 17.9. The average Bonchev–Trinajstić information content (AvgIpc) is 2.67. The molecular weight excluding hydrogens is 388 g/mol. The molecule has 4 nitrogen and oxygen atoms in total. The number of carbonyl (C=O) groups excluding carboxylic acids is 1. The number of aliphatic carboxylic acids is 1. The highest BCUT2D eigenvalue weighted by atomic mass is 16.5. The largest absolute Gasteiger partial charge is 0.478 e. The van der Waals surface area contributed by atoms with Crippen LogP contribution in [0.3, 0.4) is 0 Å². The lowest BCUT2D eigenvalue weighted by Crippen LogP contribution is -2.00. The summed E-state index contributed by atoms with van der Waals surface area (Å²) in [5.41, 5.74) is 5.57. The Morgan fingerprint density at radius 2 is 1.06 bits per heavy atom. The zero-order valence-corrected chi connectivity index (χ0v) is 20.4. The number of carboxylic acids is 1. The molecule has 0 aromatic heterocycles. The van der Waals surface area contributed by atoms with E-state index in [1.54, 1.807) is 19.1 Å². The van der Waals surface area contributed by atoms with Crippen LogP contribution in [0.25, 0.3) is 0 Å². The van der Waals surface area contributed by atoms with Crippen LogP contribution in [-0.4, -0.2) is 23.7 Å². The highest BCUT2D eigenvalue weighted by Gasteiger charge is 1.99. The van der Waals surface area contributed by atoms with Gasteiger partial charge in [-0.05, 0) is 92.9 Å². The maximum atomic E-state index is 11.4. The van der Waals surface area contributed by atoms with Crippen molar-refractivity contribution in [1.82, 2.24) is 0 Å². The molecule has 0 saturated carbocycles. The molecule has 0 spiro atoms. The van der Waals surface area contributed by atoms with E-state index in [0.29, 0.717) is 12.2 Å². The number of carbonyl (C=O) groups is 2. The lowest BCUT2D eigenvalue weighted by Gasteiger charge is -2.03. The number of ether oxygens (including phenoxy) is 1. The Hall–Kier alpha value is -2.36. The first-order valence-corrected chi connectivity index (χ1v) is 11.4. The molecule has 0 amide bonds. The Balaban J connectivity index is 4.18. The van der Waals surface area contributed by atoms with Crippen molar-refractivity contribution in [2.24, 2.45) is 0 Å². The van der Waals surface area contributed by atoms with Crippen LogP contribution in [0.1, 0.15) is 92.9 Å². The molecule has 0 radical (unpaired) electrons. The van der Waals surface area contributed by atoms with Crippen molar-refractivity contribution in [3.8, 4) is 0 Å². The molecule has 0 aromatic rings. The van der Waals surface area contributed by atoms with Crippen molar-refractivity contribution in [3.63, 3.8) is 0 Å². The molecule has 31 heavy (non-hydrogen) atoms. The van der Waals surface area contributed by atoms with Gasteiger partial charge in [-0.3, -0.25) is 0 Å². The molecule has 0 bridgehead atoms. The highest BCUT2D eigenvalue weighted by molar-refractivity contribution is 5.85. The van der Waals surface area contributed by atoms with Crippen LogP contribution in [-0.2, 0) is 14.3 Å². The molecule has 4 heteroatoms. The Morgan fingerprint density at radius 1 is 0.677 bits per heavy atom. The van der Waals surface area contributed by atoms with E-state index < -0.39 is 5.97 Å². The van der Waals surface area contributed by atoms with Gasteiger partial charge in [-0.1, -0.05) is 46.6 Å². The van der Waals surface area contributed by atoms with E-state index in [1.165, 1.54) is 16.7 Å². The predicted octanol–water partition coefficient (Wildman–Crippen LogP) is 7.49. The quantitative estimate of drug-likeness (QED) is 0.166. The minimum absolute atomic E-state index is 0.253. The summed E-state index contributed by atoms with van der Waals surface area (Å²) in [5, 5.41) is 8.85. The summed E-state index contributed by atoms with van der Waals surface area (Å²) in [4.78, 5) is 22.2. The number of hydrogen-bond donors (Lipinski definition) is 1. The molecule has 0 atom stereocenters. The van der Waals surface area contributed by atoms with E-state index in [0.717, 1.165) is 56.9 Å². The molecular formula is C27H42O4. The number of allylic oxidation sites excluding steroid dienone is 8. The topological polar surface area (TPSA) is 63.6 Å². The number of rotatable bonds is 15. The van der Waals surface area contributed by atoms with Crippen LogP contribution in [0, 0.1) is 0 Å². The second kappa shape index (κ2) is 17.3. The van der Waals surface area contributed by atoms with Crippen LogP contribution in [0.15, 0.2) is 58.2 Å². The summed E-state index contributed by atoms with van der Waals surface area (Å²) in [7, 11) is 0. The monoisotopic (exact) mass is 430 g/mol. The van der Waals surface area contributed by atoms with Gasteiger partial charge in [-0.25, -0.2) is 9.59 Å². The maximum Gasteiger partial charge on any atom is 0.330 e. The van der Waals surface area contributed by atoms with Crippen molar-refractivity contribution >= 4 is 11.9 Å². The maximum absolute atomic E-state index is 11.4. The molecule has 0 rings (SSSR count). The second-order valence-corrected chi connectivity index (χ2v) is 8.24. The van der Waals surface area contributed by atoms with E-state index in [4.69, 9.17) is 9.84 Å².